The molecular weight excluding hydrogens is 428 g/mol. The number of nitrogens with zero attached hydrogens (tertiary/aromatic N) is 1. The average molecular weight is 451 g/mol. The molecule has 0 bridgehead atoms. The number of benzene rings is 3. The van der Waals surface area contributed by atoms with E-state index in [0.29, 0.717) is 17.1 Å². The molecule has 170 valence electrons. The second-order valence-electron chi connectivity index (χ2n) is 7.64. The monoisotopic (exact) mass is 451 g/mol. The van der Waals surface area contributed by atoms with Crippen LogP contribution >= 0.6 is 0 Å². The predicted octanol–water partition coefficient (Wildman–Crippen LogP) is 6.31. The van der Waals surface area contributed by atoms with Gasteiger partial charge in [-0.05, 0) is 36.2 Å². The SMILES string of the molecule is COc1ccc(C(C(=O)OC(C#N)c2cccc(Oc3ccccc3)c2)C(C)C)c(F)c1F. The number of hydrogen-bond donors (Lipinski definition) is 0. The molecule has 0 aromatic heterocycles. The van der Waals surface area contributed by atoms with Gasteiger partial charge in [0, 0.05) is 11.1 Å². The van der Waals surface area contributed by atoms with E-state index in [1.807, 2.05) is 24.3 Å². The van der Waals surface area contributed by atoms with Gasteiger partial charge in [-0.25, -0.2) is 4.39 Å². The highest BCUT2D eigenvalue weighted by Gasteiger charge is 2.32. The standard InChI is InChI=1S/C26H23F2NO4/c1-16(2)23(20-12-13-21(31-3)25(28)24(20)27)26(30)33-22(15-29)17-8-7-11-19(14-17)32-18-9-5-4-6-10-18/h4-14,16,22-23H,1-3H3. The minimum Gasteiger partial charge on any atom is -0.494 e. The van der Waals surface area contributed by atoms with Crippen LogP contribution in [-0.4, -0.2) is 13.1 Å². The van der Waals surface area contributed by atoms with Gasteiger partial charge < -0.3 is 14.2 Å². The predicted molar refractivity (Wildman–Crippen MR) is 118 cm³/mol. The van der Waals surface area contributed by atoms with Gasteiger partial charge in [0.2, 0.25) is 11.9 Å². The number of esters is 1. The highest BCUT2D eigenvalue weighted by Crippen LogP contribution is 2.34. The van der Waals surface area contributed by atoms with Crippen LogP contribution in [-0.2, 0) is 9.53 Å². The van der Waals surface area contributed by atoms with E-state index >= 15 is 0 Å². The summed E-state index contributed by atoms with van der Waals surface area (Å²) >= 11 is 0. The molecule has 0 aliphatic carbocycles. The van der Waals surface area contributed by atoms with Gasteiger partial charge in [-0.15, -0.1) is 0 Å². The maximum absolute atomic E-state index is 14.7. The normalized spacial score (nSPS) is 12.5. The smallest absolute Gasteiger partial charge is 0.315 e. The fraction of sp³-hybridized carbons (Fsp3) is 0.231. The summed E-state index contributed by atoms with van der Waals surface area (Å²) in [4.78, 5) is 13.0. The molecule has 0 radical (unpaired) electrons. The molecule has 0 amide bonds. The Balaban J connectivity index is 1.84. The van der Waals surface area contributed by atoms with Crippen LogP contribution in [0.1, 0.15) is 37.0 Å². The first-order valence-corrected chi connectivity index (χ1v) is 10.3. The molecule has 3 aromatic rings. The Labute approximate surface area is 191 Å². The molecule has 2 unspecified atom stereocenters. The number of nitriles is 1. The zero-order chi connectivity index (χ0) is 24.0. The third kappa shape index (κ3) is 5.47. The van der Waals surface area contributed by atoms with Crippen molar-refractivity contribution in [2.45, 2.75) is 25.9 Å². The summed E-state index contributed by atoms with van der Waals surface area (Å²) < 4.78 is 44.9. The number of rotatable bonds is 8. The molecule has 0 aliphatic rings. The van der Waals surface area contributed by atoms with Gasteiger partial charge in [0.05, 0.1) is 13.0 Å². The van der Waals surface area contributed by atoms with Crippen LogP contribution < -0.4 is 9.47 Å². The van der Waals surface area contributed by atoms with Gasteiger partial charge in [0.25, 0.3) is 0 Å². The van der Waals surface area contributed by atoms with Crippen LogP contribution in [0.25, 0.3) is 0 Å². The summed E-state index contributed by atoms with van der Waals surface area (Å²) in [6.45, 7) is 3.37. The van der Waals surface area contributed by atoms with E-state index in [4.69, 9.17) is 14.2 Å². The molecule has 3 aromatic carbocycles. The molecule has 5 nitrogen and oxygen atoms in total. The Morgan fingerprint density at radius 1 is 0.939 bits per heavy atom. The maximum Gasteiger partial charge on any atom is 0.315 e. The molecule has 0 N–H and O–H groups in total. The van der Waals surface area contributed by atoms with Gasteiger partial charge >= 0.3 is 5.97 Å². The van der Waals surface area contributed by atoms with E-state index in [1.165, 1.54) is 19.2 Å². The Hall–Kier alpha value is -3.92. The minimum absolute atomic E-state index is 0.161. The van der Waals surface area contributed by atoms with Crippen molar-refractivity contribution < 1.29 is 27.8 Å². The van der Waals surface area contributed by atoms with Gasteiger partial charge in [0.15, 0.2) is 11.6 Å². The largest absolute Gasteiger partial charge is 0.494 e. The van der Waals surface area contributed by atoms with Crippen molar-refractivity contribution in [1.29, 1.82) is 5.26 Å². The first kappa shape index (κ1) is 23.7. The molecule has 0 spiro atoms. The Bertz CT molecular complexity index is 1160. The minimum atomic E-state index is -1.26. The van der Waals surface area contributed by atoms with E-state index in [9.17, 15) is 18.8 Å². The lowest BCUT2D eigenvalue weighted by Gasteiger charge is -2.23. The lowest BCUT2D eigenvalue weighted by molar-refractivity contribution is -0.150. The summed E-state index contributed by atoms with van der Waals surface area (Å²) in [6.07, 6.45) is -1.26. The van der Waals surface area contributed by atoms with Crippen molar-refractivity contribution in [3.05, 3.63) is 89.5 Å². The van der Waals surface area contributed by atoms with Crippen molar-refractivity contribution in [1.82, 2.24) is 0 Å². The number of para-hydroxylation sites is 1. The molecular formula is C26H23F2NO4. The van der Waals surface area contributed by atoms with E-state index in [2.05, 4.69) is 0 Å². The highest BCUT2D eigenvalue weighted by atomic mass is 19.2. The van der Waals surface area contributed by atoms with Crippen molar-refractivity contribution in [2.75, 3.05) is 7.11 Å². The van der Waals surface area contributed by atoms with E-state index < -0.39 is 35.5 Å². The van der Waals surface area contributed by atoms with Crippen molar-refractivity contribution in [3.8, 4) is 23.3 Å². The summed E-state index contributed by atoms with van der Waals surface area (Å²) in [5, 5.41) is 9.65. The maximum atomic E-state index is 14.7. The third-order valence-electron chi connectivity index (χ3n) is 5.04. The second-order valence-corrected chi connectivity index (χ2v) is 7.64. The summed E-state index contributed by atoms with van der Waals surface area (Å²) in [5.41, 5.74) is 0.231. The summed E-state index contributed by atoms with van der Waals surface area (Å²) in [6, 6.07) is 20.1. The average Bonchev–Trinajstić information content (AvgIpc) is 2.81. The zero-order valence-corrected chi connectivity index (χ0v) is 18.4. The van der Waals surface area contributed by atoms with Gasteiger partial charge in [-0.2, -0.15) is 9.65 Å². The number of carbonyl (C=O) groups excluding carboxylic acids is 1. The number of halogens is 2. The molecule has 0 aliphatic heterocycles. The summed E-state index contributed by atoms with van der Waals surface area (Å²) in [7, 11) is 1.22. The quantitative estimate of drug-likeness (QED) is 0.375. The molecule has 33 heavy (non-hydrogen) atoms. The first-order valence-electron chi connectivity index (χ1n) is 10.3. The second kappa shape index (κ2) is 10.6. The van der Waals surface area contributed by atoms with Crippen LogP contribution in [0.3, 0.4) is 0 Å². The zero-order valence-electron chi connectivity index (χ0n) is 18.4. The fourth-order valence-corrected chi connectivity index (χ4v) is 3.43. The molecule has 7 heteroatoms. The molecule has 0 saturated heterocycles. The van der Waals surface area contributed by atoms with Crippen LogP contribution in [0.4, 0.5) is 8.78 Å². The number of carbonyl (C=O) groups is 1. The van der Waals surface area contributed by atoms with E-state index in [1.54, 1.807) is 50.2 Å². The van der Waals surface area contributed by atoms with Crippen LogP contribution in [0.5, 0.6) is 17.2 Å². The number of methoxy groups -OCH3 is 1. The summed E-state index contributed by atoms with van der Waals surface area (Å²) in [5.74, 6) is -3.95. The number of ether oxygens (including phenoxy) is 3. The fourth-order valence-electron chi connectivity index (χ4n) is 3.43. The van der Waals surface area contributed by atoms with Gasteiger partial charge in [-0.1, -0.05) is 50.2 Å². The van der Waals surface area contributed by atoms with Crippen LogP contribution in [0.15, 0.2) is 66.7 Å². The molecule has 0 fully saturated rings. The Morgan fingerprint density at radius 3 is 2.27 bits per heavy atom. The number of hydrogen-bond acceptors (Lipinski definition) is 5. The molecule has 2 atom stereocenters. The molecule has 3 rings (SSSR count). The molecule has 0 heterocycles. The van der Waals surface area contributed by atoms with Crippen LogP contribution in [0.2, 0.25) is 0 Å². The van der Waals surface area contributed by atoms with Crippen molar-refractivity contribution in [3.63, 3.8) is 0 Å². The molecule has 0 saturated carbocycles. The lowest BCUT2D eigenvalue weighted by Crippen LogP contribution is -2.24. The third-order valence-corrected chi connectivity index (χ3v) is 5.04. The lowest BCUT2D eigenvalue weighted by atomic mass is 9.88. The van der Waals surface area contributed by atoms with Gasteiger partial charge in [0.1, 0.15) is 17.6 Å². The van der Waals surface area contributed by atoms with Crippen LogP contribution in [0, 0.1) is 28.9 Å². The Kier molecular flexibility index (Phi) is 7.62. The van der Waals surface area contributed by atoms with E-state index in [-0.39, 0.29) is 11.3 Å². The first-order chi connectivity index (χ1) is 15.8. The van der Waals surface area contributed by atoms with E-state index in [0.717, 1.165) is 0 Å². The highest BCUT2D eigenvalue weighted by molar-refractivity contribution is 5.79. The Morgan fingerprint density at radius 2 is 1.64 bits per heavy atom. The van der Waals surface area contributed by atoms with Gasteiger partial charge in [-0.3, -0.25) is 4.79 Å². The van der Waals surface area contributed by atoms with Crippen molar-refractivity contribution in [2.24, 2.45) is 5.92 Å². The van der Waals surface area contributed by atoms with Crippen molar-refractivity contribution >= 4 is 5.97 Å². The topological polar surface area (TPSA) is 68.5 Å².